The van der Waals surface area contributed by atoms with Crippen LogP contribution in [0.2, 0.25) is 0 Å². The predicted octanol–water partition coefficient (Wildman–Crippen LogP) is 16.0. The summed E-state index contributed by atoms with van der Waals surface area (Å²) >= 11 is 0. The van der Waals surface area contributed by atoms with E-state index in [0.29, 0.717) is 13.0 Å². The van der Waals surface area contributed by atoms with Gasteiger partial charge in [-0.2, -0.15) is 0 Å². The lowest BCUT2D eigenvalue weighted by atomic mass is 10.1. The second-order valence-corrected chi connectivity index (χ2v) is 18.1. The Morgan fingerprint density at radius 3 is 1.35 bits per heavy atom. The van der Waals surface area contributed by atoms with Gasteiger partial charge in [0, 0.05) is 19.6 Å². The summed E-state index contributed by atoms with van der Waals surface area (Å²) in [5.41, 5.74) is 5.39. The van der Waals surface area contributed by atoms with E-state index in [4.69, 9.17) is 24.3 Å². The molecular formula is C54H96NO7P. The summed E-state index contributed by atoms with van der Waals surface area (Å²) in [4.78, 5) is 22.6. The number of phosphoric acid groups is 1. The largest absolute Gasteiger partial charge is 0.472 e. The first-order chi connectivity index (χ1) is 30.9. The van der Waals surface area contributed by atoms with Crippen molar-refractivity contribution in [3.05, 3.63) is 85.1 Å². The number of esters is 1. The van der Waals surface area contributed by atoms with Crippen LogP contribution in [0.25, 0.3) is 0 Å². The molecule has 0 aliphatic carbocycles. The molecule has 0 aromatic heterocycles. The minimum Gasteiger partial charge on any atom is -0.457 e. The van der Waals surface area contributed by atoms with Crippen LogP contribution in [-0.4, -0.2) is 49.9 Å². The summed E-state index contributed by atoms with van der Waals surface area (Å²) in [6.45, 7) is 4.77. The highest BCUT2D eigenvalue weighted by molar-refractivity contribution is 7.47. The van der Waals surface area contributed by atoms with Gasteiger partial charge < -0.3 is 20.1 Å². The molecule has 63 heavy (non-hydrogen) atoms. The van der Waals surface area contributed by atoms with Gasteiger partial charge in [0.2, 0.25) is 0 Å². The van der Waals surface area contributed by atoms with Gasteiger partial charge in [-0.25, -0.2) is 4.57 Å². The van der Waals surface area contributed by atoms with Crippen molar-refractivity contribution in [2.24, 2.45) is 5.73 Å². The summed E-state index contributed by atoms with van der Waals surface area (Å²) < 4.78 is 33.6. The summed E-state index contributed by atoms with van der Waals surface area (Å²) in [5, 5.41) is 0. The normalized spacial score (nSPS) is 14.0. The maximum absolute atomic E-state index is 12.6. The van der Waals surface area contributed by atoms with Gasteiger partial charge in [-0.05, 0) is 89.9 Å². The van der Waals surface area contributed by atoms with Crippen molar-refractivity contribution in [2.45, 2.75) is 219 Å². The molecule has 0 amide bonds. The van der Waals surface area contributed by atoms with E-state index in [9.17, 15) is 14.3 Å². The van der Waals surface area contributed by atoms with Crippen molar-refractivity contribution in [1.82, 2.24) is 0 Å². The number of carbonyl (C=O) groups is 1. The maximum Gasteiger partial charge on any atom is 0.472 e. The van der Waals surface area contributed by atoms with Crippen LogP contribution in [0, 0.1) is 0 Å². The van der Waals surface area contributed by atoms with Gasteiger partial charge in [0.05, 0.1) is 19.8 Å². The molecule has 0 aliphatic rings. The van der Waals surface area contributed by atoms with Gasteiger partial charge >= 0.3 is 13.8 Å². The molecule has 0 aromatic rings. The molecule has 0 aliphatic heterocycles. The highest BCUT2D eigenvalue weighted by atomic mass is 31.2. The summed E-state index contributed by atoms with van der Waals surface area (Å²) in [6.07, 6.45) is 66.1. The van der Waals surface area contributed by atoms with Gasteiger partial charge in [0.25, 0.3) is 0 Å². The monoisotopic (exact) mass is 902 g/mol. The molecule has 0 fully saturated rings. The third-order valence-electron chi connectivity index (χ3n) is 10.5. The van der Waals surface area contributed by atoms with E-state index >= 15 is 0 Å². The number of rotatable bonds is 48. The van der Waals surface area contributed by atoms with Crippen LogP contribution >= 0.6 is 7.82 Å². The molecule has 3 N–H and O–H groups in total. The van der Waals surface area contributed by atoms with Gasteiger partial charge in [-0.3, -0.25) is 13.8 Å². The Bertz CT molecular complexity index is 1240. The van der Waals surface area contributed by atoms with Crippen LogP contribution in [-0.2, 0) is 27.9 Å². The van der Waals surface area contributed by atoms with Gasteiger partial charge in [0.1, 0.15) is 6.10 Å². The first-order valence-electron chi connectivity index (χ1n) is 25.6. The zero-order valence-corrected chi connectivity index (χ0v) is 41.4. The van der Waals surface area contributed by atoms with Crippen LogP contribution in [0.4, 0.5) is 0 Å². The van der Waals surface area contributed by atoms with Crippen LogP contribution in [0.1, 0.15) is 213 Å². The molecule has 0 radical (unpaired) electrons. The Kier molecular flexibility index (Phi) is 48.8. The lowest BCUT2D eigenvalue weighted by molar-refractivity contribution is -0.154. The number of carbonyl (C=O) groups excluding carboxylic acids is 1. The van der Waals surface area contributed by atoms with E-state index in [0.717, 1.165) is 83.5 Å². The van der Waals surface area contributed by atoms with E-state index in [1.165, 1.54) is 109 Å². The third-order valence-corrected chi connectivity index (χ3v) is 11.5. The Labute approximate surface area is 388 Å². The highest BCUT2D eigenvalue weighted by Crippen LogP contribution is 2.43. The molecular weight excluding hydrogens is 806 g/mol. The molecule has 0 aromatic carbocycles. The predicted molar refractivity (Wildman–Crippen MR) is 270 cm³/mol. The molecule has 0 bridgehead atoms. The number of nitrogens with two attached hydrogens (primary N) is 1. The molecule has 0 heterocycles. The summed E-state index contributed by atoms with van der Waals surface area (Å²) in [6, 6.07) is 0. The second kappa shape index (κ2) is 50.7. The van der Waals surface area contributed by atoms with E-state index in [1.54, 1.807) is 0 Å². The molecule has 8 nitrogen and oxygen atoms in total. The smallest absolute Gasteiger partial charge is 0.457 e. The fraction of sp³-hybridized carbons (Fsp3) is 0.722. The van der Waals surface area contributed by atoms with Crippen molar-refractivity contribution in [3.8, 4) is 0 Å². The van der Waals surface area contributed by atoms with Crippen LogP contribution in [0.5, 0.6) is 0 Å². The zero-order valence-electron chi connectivity index (χ0n) is 40.5. The van der Waals surface area contributed by atoms with Crippen molar-refractivity contribution in [1.29, 1.82) is 0 Å². The number of hydrogen-bond donors (Lipinski definition) is 2. The lowest BCUT2D eigenvalue weighted by Crippen LogP contribution is -2.28. The fourth-order valence-electron chi connectivity index (χ4n) is 6.82. The van der Waals surface area contributed by atoms with Crippen molar-refractivity contribution in [3.63, 3.8) is 0 Å². The standard InChI is InChI=1S/C54H96NO7P/c1-3-5-7-9-11-13-15-17-19-21-23-24-25-26-27-28-29-30-32-34-36-38-40-42-44-46-49-59-51-53(52-61-63(57,58)60-50-48-55)62-54(56)47-45-43-41-39-37-35-33-31-22-20-18-16-14-12-10-8-6-4-2/h5,7,11,13,17,19-20,22-24,26-27,29-30,53H,3-4,6,8-10,12,14-16,18,21,25,28,31-52,55H2,1-2H3,(H,57,58)/b7-5-,13-11-,19-17-,22-20-,24-23-,27-26-,30-29-. The Balaban J connectivity index is 4.00. The summed E-state index contributed by atoms with van der Waals surface area (Å²) in [5.74, 6) is -0.341. The SMILES string of the molecule is CC/C=C\C/C=C\C/C=C\C/C=C\C/C=C\C/C=C\CCCCCCCCCOCC(COP(=O)(O)OCCN)OC(=O)CCCCCCCCC/C=C\CCCCCCCCC. The molecule has 9 heteroatoms. The number of unbranched alkanes of at least 4 members (excludes halogenated alkanes) is 21. The molecule has 0 spiro atoms. The van der Waals surface area contributed by atoms with E-state index in [1.807, 2.05) is 0 Å². The molecule has 2 atom stereocenters. The fourth-order valence-corrected chi connectivity index (χ4v) is 7.58. The molecule has 364 valence electrons. The van der Waals surface area contributed by atoms with Crippen LogP contribution in [0.15, 0.2) is 85.1 Å². The second-order valence-electron chi connectivity index (χ2n) is 16.6. The lowest BCUT2D eigenvalue weighted by Gasteiger charge is -2.20. The molecule has 0 rings (SSSR count). The van der Waals surface area contributed by atoms with Crippen LogP contribution in [0.3, 0.4) is 0 Å². The van der Waals surface area contributed by atoms with E-state index in [-0.39, 0.29) is 32.3 Å². The van der Waals surface area contributed by atoms with Crippen molar-refractivity contribution < 1.29 is 32.8 Å². The average Bonchev–Trinajstić information content (AvgIpc) is 3.28. The van der Waals surface area contributed by atoms with E-state index in [2.05, 4.69) is 98.9 Å². The number of phosphoric ester groups is 1. The maximum atomic E-state index is 12.6. The first kappa shape index (κ1) is 60.7. The molecule has 2 unspecified atom stereocenters. The molecule has 0 saturated carbocycles. The topological polar surface area (TPSA) is 117 Å². The Hall–Kier alpha value is -2.32. The Morgan fingerprint density at radius 1 is 0.492 bits per heavy atom. The quantitative estimate of drug-likeness (QED) is 0.0268. The van der Waals surface area contributed by atoms with Gasteiger partial charge in [-0.1, -0.05) is 202 Å². The van der Waals surface area contributed by atoms with Crippen LogP contribution < -0.4 is 5.73 Å². The van der Waals surface area contributed by atoms with Crippen molar-refractivity contribution >= 4 is 13.8 Å². The Morgan fingerprint density at radius 2 is 0.889 bits per heavy atom. The molecule has 0 saturated heterocycles. The third kappa shape index (κ3) is 50.5. The zero-order chi connectivity index (χ0) is 45.8. The number of hydrogen-bond acceptors (Lipinski definition) is 7. The highest BCUT2D eigenvalue weighted by Gasteiger charge is 2.25. The van der Waals surface area contributed by atoms with Gasteiger partial charge in [-0.15, -0.1) is 0 Å². The minimum atomic E-state index is -4.29. The summed E-state index contributed by atoms with van der Waals surface area (Å²) in [7, 11) is -4.29. The number of allylic oxidation sites excluding steroid dienone is 14. The van der Waals surface area contributed by atoms with Crippen molar-refractivity contribution in [2.75, 3.05) is 33.0 Å². The number of ether oxygens (including phenoxy) is 2. The van der Waals surface area contributed by atoms with Gasteiger partial charge in [0.15, 0.2) is 0 Å². The minimum absolute atomic E-state index is 0.0938. The average molecular weight is 902 g/mol. The first-order valence-corrected chi connectivity index (χ1v) is 27.1. The van der Waals surface area contributed by atoms with E-state index < -0.39 is 13.9 Å².